The first-order valence-corrected chi connectivity index (χ1v) is 10.0. The molecule has 1 heterocycles. The summed E-state index contributed by atoms with van der Waals surface area (Å²) < 4.78 is 19.3. The number of carbonyl (C=O) groups is 1. The van der Waals surface area contributed by atoms with Crippen LogP contribution in [0.4, 0.5) is 9.52 Å². The van der Waals surface area contributed by atoms with E-state index < -0.39 is 5.82 Å². The van der Waals surface area contributed by atoms with Gasteiger partial charge in [-0.15, -0.1) is 10.2 Å². The average Bonchev–Trinajstić information content (AvgIpc) is 3.13. The Bertz CT molecular complexity index is 935. The van der Waals surface area contributed by atoms with Gasteiger partial charge in [0.25, 0.3) is 0 Å². The van der Waals surface area contributed by atoms with Crippen LogP contribution in [0.2, 0.25) is 5.02 Å². The minimum atomic E-state index is -0.569. The number of hydrogen-bond donors (Lipinski definition) is 1. The molecule has 3 aromatic rings. The Hall–Kier alpha value is -2.16. The van der Waals surface area contributed by atoms with Gasteiger partial charge in [-0.3, -0.25) is 4.79 Å². The van der Waals surface area contributed by atoms with Gasteiger partial charge in [-0.05, 0) is 35.9 Å². The highest BCUT2D eigenvalue weighted by Crippen LogP contribution is 2.28. The fraction of sp³-hybridized carbons (Fsp3) is 0.167. The molecule has 1 aromatic heterocycles. The van der Waals surface area contributed by atoms with E-state index in [0.29, 0.717) is 10.2 Å². The molecule has 140 valence electrons. The summed E-state index contributed by atoms with van der Waals surface area (Å²) in [5.41, 5.74) is 1.40. The second-order valence-electron chi connectivity index (χ2n) is 5.41. The molecule has 0 amide bonds. The molecule has 0 aliphatic carbocycles. The Balaban J connectivity index is 1.52. The van der Waals surface area contributed by atoms with E-state index in [4.69, 9.17) is 16.3 Å². The monoisotopic (exact) mass is 423 g/mol. The fourth-order valence-electron chi connectivity index (χ4n) is 2.16. The third kappa shape index (κ3) is 5.41. The van der Waals surface area contributed by atoms with Crippen LogP contribution in [-0.4, -0.2) is 29.6 Å². The molecule has 2 aromatic carbocycles. The highest BCUT2D eigenvalue weighted by atomic mass is 35.5. The summed E-state index contributed by atoms with van der Waals surface area (Å²) in [6.45, 7) is 0.00224. The number of thioether (sulfide) groups is 1. The lowest BCUT2D eigenvalue weighted by Gasteiger charge is -2.05. The van der Waals surface area contributed by atoms with Crippen molar-refractivity contribution in [2.45, 2.75) is 10.1 Å². The van der Waals surface area contributed by atoms with E-state index in [1.165, 1.54) is 30.6 Å². The normalized spacial score (nSPS) is 10.6. The number of rotatable bonds is 8. The zero-order valence-corrected chi connectivity index (χ0v) is 16.6. The summed E-state index contributed by atoms with van der Waals surface area (Å²) in [5.74, 6) is 0.0313. The van der Waals surface area contributed by atoms with E-state index in [1.807, 2.05) is 24.3 Å². The first kappa shape index (κ1) is 19.6. The van der Waals surface area contributed by atoms with Gasteiger partial charge in [-0.1, -0.05) is 46.8 Å². The van der Waals surface area contributed by atoms with Crippen LogP contribution >= 0.6 is 34.7 Å². The standard InChI is InChI=1S/C18H15ClFN3O2S2/c1-25-16-7-4-12(8-14(16)20)15(24)9-21-17-22-23-18(27-17)26-10-11-2-5-13(19)6-3-11/h2-8H,9-10H2,1H3,(H,21,22). The molecule has 0 aliphatic heterocycles. The summed E-state index contributed by atoms with van der Waals surface area (Å²) in [6, 6.07) is 11.7. The first-order valence-electron chi connectivity index (χ1n) is 7.86. The molecular formula is C18H15ClFN3O2S2. The molecule has 0 fully saturated rings. The maximum Gasteiger partial charge on any atom is 0.206 e. The lowest BCUT2D eigenvalue weighted by Crippen LogP contribution is -2.14. The van der Waals surface area contributed by atoms with Crippen LogP contribution < -0.4 is 10.1 Å². The van der Waals surface area contributed by atoms with Gasteiger partial charge in [0.2, 0.25) is 5.13 Å². The van der Waals surface area contributed by atoms with Gasteiger partial charge in [0.1, 0.15) is 0 Å². The SMILES string of the molecule is COc1ccc(C(=O)CNc2nnc(SCc3ccc(Cl)cc3)s2)cc1F. The number of hydrogen-bond acceptors (Lipinski definition) is 7. The second kappa shape index (κ2) is 9.16. The molecule has 0 radical (unpaired) electrons. The number of carbonyl (C=O) groups excluding carboxylic acids is 1. The third-order valence-electron chi connectivity index (χ3n) is 3.56. The molecule has 0 unspecified atom stereocenters. The Morgan fingerprint density at radius 3 is 2.74 bits per heavy atom. The van der Waals surface area contributed by atoms with Crippen molar-refractivity contribution in [1.29, 1.82) is 0 Å². The van der Waals surface area contributed by atoms with Crippen LogP contribution in [0.25, 0.3) is 0 Å². The number of nitrogens with zero attached hydrogens (tertiary/aromatic N) is 2. The second-order valence-corrected chi connectivity index (χ2v) is 8.05. The van der Waals surface area contributed by atoms with E-state index in [-0.39, 0.29) is 23.6 Å². The Labute approximate surface area is 168 Å². The Morgan fingerprint density at radius 2 is 2.04 bits per heavy atom. The molecule has 1 N–H and O–H groups in total. The number of halogens is 2. The number of ketones is 1. The molecule has 0 atom stereocenters. The Kier molecular flexibility index (Phi) is 6.65. The largest absolute Gasteiger partial charge is 0.494 e. The van der Waals surface area contributed by atoms with Crippen molar-refractivity contribution >= 4 is 45.6 Å². The van der Waals surface area contributed by atoms with Crippen molar-refractivity contribution in [2.75, 3.05) is 19.0 Å². The molecule has 0 saturated carbocycles. The van der Waals surface area contributed by atoms with Gasteiger partial charge in [-0.25, -0.2) is 4.39 Å². The van der Waals surface area contributed by atoms with E-state index in [9.17, 15) is 9.18 Å². The number of benzene rings is 2. The molecule has 0 bridgehead atoms. The van der Waals surface area contributed by atoms with Crippen LogP contribution in [0.5, 0.6) is 5.75 Å². The van der Waals surface area contributed by atoms with Crippen LogP contribution in [-0.2, 0) is 5.75 Å². The molecule has 0 spiro atoms. The smallest absolute Gasteiger partial charge is 0.206 e. The van der Waals surface area contributed by atoms with E-state index >= 15 is 0 Å². The fourth-order valence-corrected chi connectivity index (χ4v) is 3.99. The highest BCUT2D eigenvalue weighted by Gasteiger charge is 2.12. The average molecular weight is 424 g/mol. The third-order valence-corrected chi connectivity index (χ3v) is 5.89. The number of methoxy groups -OCH3 is 1. The first-order chi connectivity index (χ1) is 13.0. The number of aromatic nitrogens is 2. The number of anilines is 1. The highest BCUT2D eigenvalue weighted by molar-refractivity contribution is 8.00. The van der Waals surface area contributed by atoms with Gasteiger partial charge < -0.3 is 10.1 Å². The number of ether oxygens (including phenoxy) is 1. The van der Waals surface area contributed by atoms with Crippen molar-refractivity contribution in [1.82, 2.24) is 10.2 Å². The molecule has 5 nitrogen and oxygen atoms in total. The predicted octanol–water partition coefficient (Wildman–Crippen LogP) is 4.93. The minimum absolute atomic E-state index is 0.00224. The molecule has 3 rings (SSSR count). The van der Waals surface area contributed by atoms with Gasteiger partial charge >= 0.3 is 0 Å². The number of nitrogens with one attached hydrogen (secondary N) is 1. The predicted molar refractivity (Wildman–Crippen MR) is 107 cm³/mol. The van der Waals surface area contributed by atoms with Gasteiger partial charge in [0.05, 0.1) is 13.7 Å². The minimum Gasteiger partial charge on any atom is -0.494 e. The van der Waals surface area contributed by atoms with Crippen molar-refractivity contribution in [2.24, 2.45) is 0 Å². The van der Waals surface area contributed by atoms with Gasteiger partial charge in [0, 0.05) is 16.3 Å². The molecule has 9 heteroatoms. The summed E-state index contributed by atoms with van der Waals surface area (Å²) in [6.07, 6.45) is 0. The van der Waals surface area contributed by atoms with Crippen LogP contribution in [0.15, 0.2) is 46.8 Å². The zero-order valence-electron chi connectivity index (χ0n) is 14.2. The van der Waals surface area contributed by atoms with Crippen molar-refractivity contribution in [3.05, 3.63) is 64.4 Å². The van der Waals surface area contributed by atoms with Crippen LogP contribution in [0, 0.1) is 5.82 Å². The summed E-state index contributed by atoms with van der Waals surface area (Å²) in [5, 5.41) is 12.3. The van der Waals surface area contributed by atoms with Crippen LogP contribution in [0.1, 0.15) is 15.9 Å². The van der Waals surface area contributed by atoms with Crippen molar-refractivity contribution in [3.8, 4) is 5.75 Å². The maximum atomic E-state index is 13.7. The topological polar surface area (TPSA) is 64.1 Å². The summed E-state index contributed by atoms with van der Waals surface area (Å²) >= 11 is 8.78. The molecule has 0 aliphatic rings. The van der Waals surface area contributed by atoms with E-state index in [0.717, 1.165) is 21.7 Å². The summed E-state index contributed by atoms with van der Waals surface area (Å²) in [4.78, 5) is 12.2. The summed E-state index contributed by atoms with van der Waals surface area (Å²) in [7, 11) is 1.37. The van der Waals surface area contributed by atoms with E-state index in [1.54, 1.807) is 11.8 Å². The lowest BCUT2D eigenvalue weighted by atomic mass is 10.1. The van der Waals surface area contributed by atoms with Gasteiger partial charge in [-0.2, -0.15) is 0 Å². The quantitative estimate of drug-likeness (QED) is 0.409. The molecule has 0 saturated heterocycles. The van der Waals surface area contributed by atoms with Gasteiger partial charge in [0.15, 0.2) is 21.7 Å². The zero-order chi connectivity index (χ0) is 19.2. The van der Waals surface area contributed by atoms with Crippen molar-refractivity contribution in [3.63, 3.8) is 0 Å². The van der Waals surface area contributed by atoms with Crippen LogP contribution in [0.3, 0.4) is 0 Å². The Morgan fingerprint density at radius 1 is 1.26 bits per heavy atom. The lowest BCUT2D eigenvalue weighted by molar-refractivity contribution is 0.101. The molecule has 27 heavy (non-hydrogen) atoms. The van der Waals surface area contributed by atoms with E-state index in [2.05, 4.69) is 15.5 Å². The van der Waals surface area contributed by atoms with Crippen molar-refractivity contribution < 1.29 is 13.9 Å². The molecular weight excluding hydrogens is 409 g/mol. The number of Topliss-reactive ketones (excluding diaryl/α,β-unsaturated/α-hetero) is 1. The maximum absolute atomic E-state index is 13.7.